The van der Waals surface area contributed by atoms with Crippen LogP contribution in [0.5, 0.6) is 0 Å². The van der Waals surface area contributed by atoms with Crippen molar-refractivity contribution in [1.29, 1.82) is 0 Å². The first-order valence-corrected chi connectivity index (χ1v) is 8.90. The van der Waals surface area contributed by atoms with Gasteiger partial charge in [0.05, 0.1) is 11.1 Å². The van der Waals surface area contributed by atoms with Crippen molar-refractivity contribution in [1.82, 2.24) is 20.4 Å². The predicted octanol–water partition coefficient (Wildman–Crippen LogP) is 3.08. The minimum Gasteiger partial charge on any atom is -0.353 e. The summed E-state index contributed by atoms with van der Waals surface area (Å²) in [4.78, 5) is 16.3. The molecule has 0 bridgehead atoms. The number of likely N-dealkylation sites (N-methyl/N-ethyl adjacent to an activating group) is 1. The number of carbonyl (C=O) groups is 1. The van der Waals surface area contributed by atoms with Gasteiger partial charge in [0, 0.05) is 38.4 Å². The van der Waals surface area contributed by atoms with Crippen LogP contribution in [0.15, 0.2) is 36.5 Å². The van der Waals surface area contributed by atoms with Gasteiger partial charge in [-0.05, 0) is 31.0 Å². The second-order valence-corrected chi connectivity index (χ2v) is 6.71. The highest BCUT2D eigenvalue weighted by molar-refractivity contribution is 6.30. The molecule has 0 saturated carbocycles. The smallest absolute Gasteiger partial charge is 0.317 e. The number of piperidine rings is 1. The van der Waals surface area contributed by atoms with Crippen LogP contribution in [0.2, 0.25) is 5.02 Å². The molecule has 138 valence electrons. The lowest BCUT2D eigenvalue weighted by Crippen LogP contribution is -2.51. The van der Waals surface area contributed by atoms with Gasteiger partial charge in [-0.1, -0.05) is 23.7 Å². The lowest BCUT2D eigenvalue weighted by Gasteiger charge is -2.37. The van der Waals surface area contributed by atoms with Crippen LogP contribution in [-0.4, -0.2) is 47.3 Å². The first-order valence-electron chi connectivity index (χ1n) is 8.52. The fourth-order valence-electron chi connectivity index (χ4n) is 3.09. The lowest BCUT2D eigenvalue weighted by atomic mass is 10.0. The van der Waals surface area contributed by atoms with Gasteiger partial charge < -0.3 is 15.1 Å². The Kier molecular flexibility index (Phi) is 5.88. The van der Waals surface area contributed by atoms with Crippen LogP contribution in [0, 0.1) is 5.82 Å². The number of halogens is 2. The monoisotopic (exact) mass is 377 g/mol. The molecule has 1 saturated heterocycles. The van der Waals surface area contributed by atoms with Crippen molar-refractivity contribution in [3.05, 3.63) is 52.9 Å². The Bertz CT molecular complexity index is 761. The summed E-state index contributed by atoms with van der Waals surface area (Å²) in [6, 6.07) is 8.33. The molecule has 1 atom stereocenters. The summed E-state index contributed by atoms with van der Waals surface area (Å²) in [6.45, 7) is 1.67. The molecule has 2 amide bonds. The van der Waals surface area contributed by atoms with Crippen LogP contribution in [0.25, 0.3) is 0 Å². The summed E-state index contributed by atoms with van der Waals surface area (Å²) in [7, 11) is 1.76. The molecule has 0 radical (unpaired) electrons. The Hall–Kier alpha value is -2.41. The number of amides is 2. The largest absolute Gasteiger partial charge is 0.353 e. The Morgan fingerprint density at radius 2 is 2.27 bits per heavy atom. The Morgan fingerprint density at radius 1 is 1.42 bits per heavy atom. The average molecular weight is 378 g/mol. The van der Waals surface area contributed by atoms with E-state index in [4.69, 9.17) is 11.6 Å². The number of urea groups is 1. The van der Waals surface area contributed by atoms with E-state index in [0.29, 0.717) is 12.1 Å². The molecule has 1 N–H and O–H groups in total. The highest BCUT2D eigenvalue weighted by atomic mass is 35.5. The summed E-state index contributed by atoms with van der Waals surface area (Å²) < 4.78 is 13.9. The summed E-state index contributed by atoms with van der Waals surface area (Å²) in [5, 5.41) is 10.9. The number of nitrogens with zero attached hydrogens (tertiary/aromatic N) is 4. The molecular formula is C18H21ClFN5O. The van der Waals surface area contributed by atoms with Gasteiger partial charge in [-0.3, -0.25) is 0 Å². The molecule has 8 heteroatoms. The van der Waals surface area contributed by atoms with Crippen molar-refractivity contribution in [2.24, 2.45) is 0 Å². The van der Waals surface area contributed by atoms with Gasteiger partial charge in [-0.25, -0.2) is 9.18 Å². The number of benzene rings is 1. The maximum atomic E-state index is 13.9. The summed E-state index contributed by atoms with van der Waals surface area (Å²) >= 11 is 5.77. The highest BCUT2D eigenvalue weighted by Crippen LogP contribution is 2.20. The van der Waals surface area contributed by atoms with E-state index in [0.717, 1.165) is 25.2 Å². The summed E-state index contributed by atoms with van der Waals surface area (Å²) in [5.41, 5.74) is 0.365. The molecule has 1 aliphatic rings. The molecule has 0 aliphatic carbocycles. The summed E-state index contributed by atoms with van der Waals surface area (Å²) in [6.07, 6.45) is 3.51. The van der Waals surface area contributed by atoms with E-state index < -0.39 is 5.82 Å². The standard InChI is InChI=1S/C18H21ClFN5O/c1-24(18(26)21-11-13-5-2-7-15(19)17(13)20)14-6-4-10-25(12-14)16-8-3-9-22-23-16/h2-3,5,7-9,14H,4,6,10-12H2,1H3,(H,21,26)/t14-/m1/s1. The molecular weight excluding hydrogens is 357 g/mol. The van der Waals surface area contributed by atoms with E-state index in [1.54, 1.807) is 30.3 Å². The molecule has 3 rings (SSSR count). The van der Waals surface area contributed by atoms with Crippen LogP contribution in [0.3, 0.4) is 0 Å². The van der Waals surface area contributed by atoms with E-state index in [1.165, 1.54) is 6.07 Å². The van der Waals surface area contributed by atoms with Crippen molar-refractivity contribution in [3.8, 4) is 0 Å². The highest BCUT2D eigenvalue weighted by Gasteiger charge is 2.27. The molecule has 1 aromatic carbocycles. The van der Waals surface area contributed by atoms with Gasteiger partial charge in [0.1, 0.15) is 5.82 Å². The maximum Gasteiger partial charge on any atom is 0.317 e. The molecule has 1 aromatic heterocycles. The molecule has 1 fully saturated rings. The number of rotatable bonds is 4. The fourth-order valence-corrected chi connectivity index (χ4v) is 3.28. The van der Waals surface area contributed by atoms with E-state index in [2.05, 4.69) is 20.4 Å². The molecule has 6 nitrogen and oxygen atoms in total. The van der Waals surface area contributed by atoms with Crippen LogP contribution < -0.4 is 10.2 Å². The predicted molar refractivity (Wildman–Crippen MR) is 98.7 cm³/mol. The topological polar surface area (TPSA) is 61.4 Å². The second kappa shape index (κ2) is 8.31. The van der Waals surface area contributed by atoms with Crippen LogP contribution in [-0.2, 0) is 6.54 Å². The van der Waals surface area contributed by atoms with E-state index in [1.807, 2.05) is 12.1 Å². The normalized spacial score (nSPS) is 17.0. The number of hydrogen-bond donors (Lipinski definition) is 1. The maximum absolute atomic E-state index is 13.9. The van der Waals surface area contributed by atoms with Crippen LogP contribution in [0.1, 0.15) is 18.4 Å². The minimum absolute atomic E-state index is 0.0509. The van der Waals surface area contributed by atoms with Gasteiger partial charge in [0.15, 0.2) is 5.82 Å². The van der Waals surface area contributed by atoms with Crippen LogP contribution in [0.4, 0.5) is 15.0 Å². The zero-order chi connectivity index (χ0) is 18.5. The van der Waals surface area contributed by atoms with Gasteiger partial charge in [0.25, 0.3) is 0 Å². The first kappa shape index (κ1) is 18.4. The fraction of sp³-hybridized carbons (Fsp3) is 0.389. The number of hydrogen-bond acceptors (Lipinski definition) is 4. The number of aromatic nitrogens is 2. The van der Waals surface area contributed by atoms with Crippen molar-refractivity contribution in [2.45, 2.75) is 25.4 Å². The van der Waals surface area contributed by atoms with Gasteiger partial charge in [-0.15, -0.1) is 5.10 Å². The number of carbonyl (C=O) groups excluding carboxylic acids is 1. The van der Waals surface area contributed by atoms with Crippen molar-refractivity contribution < 1.29 is 9.18 Å². The third-order valence-corrected chi connectivity index (χ3v) is 4.90. The molecule has 0 spiro atoms. The second-order valence-electron chi connectivity index (χ2n) is 6.31. The van der Waals surface area contributed by atoms with E-state index in [9.17, 15) is 9.18 Å². The average Bonchev–Trinajstić information content (AvgIpc) is 2.69. The molecule has 2 heterocycles. The Balaban J connectivity index is 1.58. The zero-order valence-electron chi connectivity index (χ0n) is 14.5. The Labute approximate surface area is 157 Å². The third kappa shape index (κ3) is 4.22. The van der Waals surface area contributed by atoms with Crippen molar-refractivity contribution in [2.75, 3.05) is 25.0 Å². The molecule has 1 aliphatic heterocycles. The van der Waals surface area contributed by atoms with Crippen molar-refractivity contribution in [3.63, 3.8) is 0 Å². The van der Waals surface area contributed by atoms with Crippen molar-refractivity contribution >= 4 is 23.4 Å². The van der Waals surface area contributed by atoms with Crippen LogP contribution >= 0.6 is 11.6 Å². The number of anilines is 1. The molecule has 2 aromatic rings. The SMILES string of the molecule is CN(C(=O)NCc1cccc(Cl)c1F)[C@@H]1CCCN(c2cccnn2)C1. The quantitative estimate of drug-likeness (QED) is 0.889. The van der Waals surface area contributed by atoms with E-state index >= 15 is 0 Å². The van der Waals surface area contributed by atoms with E-state index in [-0.39, 0.29) is 23.6 Å². The zero-order valence-corrected chi connectivity index (χ0v) is 15.3. The molecule has 0 unspecified atom stereocenters. The van der Waals surface area contributed by atoms with Gasteiger partial charge in [-0.2, -0.15) is 5.10 Å². The number of nitrogens with one attached hydrogen (secondary N) is 1. The third-order valence-electron chi connectivity index (χ3n) is 4.61. The Morgan fingerprint density at radius 3 is 3.04 bits per heavy atom. The molecule has 26 heavy (non-hydrogen) atoms. The van der Waals surface area contributed by atoms with Gasteiger partial charge >= 0.3 is 6.03 Å². The summed E-state index contributed by atoms with van der Waals surface area (Å²) in [5.74, 6) is 0.315. The first-order chi connectivity index (χ1) is 12.6. The van der Waals surface area contributed by atoms with Gasteiger partial charge in [0.2, 0.25) is 0 Å². The lowest BCUT2D eigenvalue weighted by molar-refractivity contribution is 0.182. The minimum atomic E-state index is -0.497.